The third-order valence-electron chi connectivity index (χ3n) is 2.37. The number of hydrogen-bond donors (Lipinski definition) is 1. The van der Waals surface area contributed by atoms with Crippen LogP contribution in [-0.4, -0.2) is 17.1 Å². The second-order valence-electron chi connectivity index (χ2n) is 3.88. The van der Waals surface area contributed by atoms with Crippen LogP contribution in [0.25, 0.3) is 0 Å². The molecule has 1 N–H and O–H groups in total. The molecule has 0 radical (unpaired) electrons. The van der Waals surface area contributed by atoms with Gasteiger partial charge in [-0.3, -0.25) is 9.78 Å². The van der Waals surface area contributed by atoms with E-state index in [0.717, 1.165) is 18.4 Å². The summed E-state index contributed by atoms with van der Waals surface area (Å²) in [6.45, 7) is 2.15. The number of unbranched alkanes of at least 4 members (excludes halogenated alkanes) is 3. The minimum absolute atomic E-state index is 0.0218. The Labute approximate surface area is 102 Å². The van der Waals surface area contributed by atoms with Crippen LogP contribution >= 0.6 is 0 Å². The number of nitrogens with one attached hydrogen (secondary N) is 1. The highest BCUT2D eigenvalue weighted by molar-refractivity contribution is 5.82. The summed E-state index contributed by atoms with van der Waals surface area (Å²) in [5, 5.41) is 3.89. The highest BCUT2D eigenvalue weighted by atomic mass is 16.2. The molecule has 1 amide bonds. The fraction of sp³-hybridized carbons (Fsp3) is 0.462. The second-order valence-corrected chi connectivity index (χ2v) is 3.88. The number of aromatic nitrogens is 1. The molecule has 4 nitrogen and oxygen atoms in total. The zero-order valence-electron chi connectivity index (χ0n) is 10.2. The lowest BCUT2D eigenvalue weighted by Gasteiger charge is -1.99. The molecule has 0 aliphatic rings. The minimum atomic E-state index is -0.0218. The number of hydrazone groups is 1. The first kappa shape index (κ1) is 13.4. The van der Waals surface area contributed by atoms with E-state index in [1.54, 1.807) is 18.6 Å². The predicted octanol–water partition coefficient (Wildman–Crippen LogP) is 2.50. The van der Waals surface area contributed by atoms with E-state index in [4.69, 9.17) is 0 Å². The molecule has 0 unspecified atom stereocenters. The number of nitrogens with zero attached hydrogens (tertiary/aromatic N) is 2. The Kier molecular flexibility index (Phi) is 6.63. The number of carbonyl (C=O) groups excluding carboxylic acids is 1. The molecule has 92 valence electrons. The van der Waals surface area contributed by atoms with Gasteiger partial charge in [0, 0.05) is 18.8 Å². The third-order valence-corrected chi connectivity index (χ3v) is 2.37. The molecule has 0 aliphatic carbocycles. The summed E-state index contributed by atoms with van der Waals surface area (Å²) >= 11 is 0. The Morgan fingerprint density at radius 3 is 2.82 bits per heavy atom. The van der Waals surface area contributed by atoms with E-state index in [-0.39, 0.29) is 5.91 Å². The molecule has 0 aromatic carbocycles. The van der Waals surface area contributed by atoms with Gasteiger partial charge in [-0.1, -0.05) is 26.2 Å². The molecule has 4 heteroatoms. The van der Waals surface area contributed by atoms with Crippen LogP contribution < -0.4 is 5.43 Å². The normalized spacial score (nSPS) is 10.6. The number of hydrogen-bond acceptors (Lipinski definition) is 3. The van der Waals surface area contributed by atoms with Crippen molar-refractivity contribution in [3.63, 3.8) is 0 Å². The highest BCUT2D eigenvalue weighted by Gasteiger charge is 1.98. The van der Waals surface area contributed by atoms with E-state index < -0.39 is 0 Å². The quantitative estimate of drug-likeness (QED) is 0.447. The summed E-state index contributed by atoms with van der Waals surface area (Å²) in [7, 11) is 0. The van der Waals surface area contributed by atoms with Crippen LogP contribution in [0.4, 0.5) is 0 Å². The lowest BCUT2D eigenvalue weighted by atomic mass is 10.1. The van der Waals surface area contributed by atoms with Gasteiger partial charge in [-0.2, -0.15) is 5.10 Å². The summed E-state index contributed by atoms with van der Waals surface area (Å²) in [5.74, 6) is -0.0218. The van der Waals surface area contributed by atoms with Crippen LogP contribution in [0.3, 0.4) is 0 Å². The van der Waals surface area contributed by atoms with Gasteiger partial charge in [-0.25, -0.2) is 5.43 Å². The Bertz CT molecular complexity index is 349. The Morgan fingerprint density at radius 1 is 1.35 bits per heavy atom. The molecular formula is C13H19N3O. The van der Waals surface area contributed by atoms with Crippen molar-refractivity contribution >= 4 is 12.1 Å². The van der Waals surface area contributed by atoms with Crippen molar-refractivity contribution in [2.45, 2.75) is 39.0 Å². The van der Waals surface area contributed by atoms with Gasteiger partial charge in [-0.15, -0.1) is 0 Å². The number of amides is 1. The monoisotopic (exact) mass is 233 g/mol. The van der Waals surface area contributed by atoms with Crippen LogP contribution in [-0.2, 0) is 4.79 Å². The van der Waals surface area contributed by atoms with Gasteiger partial charge in [-0.05, 0) is 24.1 Å². The van der Waals surface area contributed by atoms with Crippen LogP contribution in [0, 0.1) is 0 Å². The van der Waals surface area contributed by atoms with Gasteiger partial charge >= 0.3 is 0 Å². The largest absolute Gasteiger partial charge is 0.273 e. The zero-order valence-corrected chi connectivity index (χ0v) is 10.2. The molecule has 0 aliphatic heterocycles. The predicted molar refractivity (Wildman–Crippen MR) is 68.7 cm³/mol. The maximum atomic E-state index is 11.4. The molecule has 17 heavy (non-hydrogen) atoms. The molecule has 0 saturated carbocycles. The lowest BCUT2D eigenvalue weighted by molar-refractivity contribution is -0.121. The Morgan fingerprint density at radius 2 is 2.12 bits per heavy atom. The summed E-state index contributed by atoms with van der Waals surface area (Å²) < 4.78 is 0. The first-order valence-corrected chi connectivity index (χ1v) is 6.05. The van der Waals surface area contributed by atoms with Gasteiger partial charge in [0.2, 0.25) is 5.91 Å². The van der Waals surface area contributed by atoms with Gasteiger partial charge in [0.05, 0.1) is 6.21 Å². The number of pyridine rings is 1. The van der Waals surface area contributed by atoms with Crippen molar-refractivity contribution in [1.82, 2.24) is 10.4 Å². The number of rotatable bonds is 7. The van der Waals surface area contributed by atoms with E-state index in [9.17, 15) is 4.79 Å². The SMILES string of the molecule is CCCCCCC(=O)N/N=C/c1ccncc1. The van der Waals surface area contributed by atoms with E-state index in [0.29, 0.717) is 6.42 Å². The van der Waals surface area contributed by atoms with E-state index >= 15 is 0 Å². The Hall–Kier alpha value is -1.71. The average Bonchev–Trinajstić information content (AvgIpc) is 2.36. The molecule has 1 heterocycles. The van der Waals surface area contributed by atoms with E-state index in [1.165, 1.54) is 12.8 Å². The highest BCUT2D eigenvalue weighted by Crippen LogP contribution is 2.01. The first-order valence-electron chi connectivity index (χ1n) is 6.05. The summed E-state index contributed by atoms with van der Waals surface area (Å²) in [6, 6.07) is 3.66. The molecule has 0 atom stereocenters. The van der Waals surface area contributed by atoms with Gasteiger partial charge < -0.3 is 0 Å². The summed E-state index contributed by atoms with van der Waals surface area (Å²) in [4.78, 5) is 15.3. The van der Waals surface area contributed by atoms with Crippen LogP contribution in [0.2, 0.25) is 0 Å². The molecule has 0 fully saturated rings. The van der Waals surface area contributed by atoms with E-state index in [1.807, 2.05) is 12.1 Å². The van der Waals surface area contributed by atoms with Gasteiger partial charge in [0.1, 0.15) is 0 Å². The molecule has 1 rings (SSSR count). The molecule has 1 aromatic heterocycles. The summed E-state index contributed by atoms with van der Waals surface area (Å²) in [6.07, 6.45) is 9.96. The standard InChI is InChI=1S/C13H19N3O/c1-2-3-4-5-6-13(17)16-15-11-12-7-9-14-10-8-12/h7-11H,2-6H2,1H3,(H,16,17)/b15-11+. The lowest BCUT2D eigenvalue weighted by Crippen LogP contribution is -2.16. The molecule has 0 saturated heterocycles. The van der Waals surface area contributed by atoms with Crippen LogP contribution in [0.1, 0.15) is 44.6 Å². The fourth-order valence-electron chi connectivity index (χ4n) is 1.40. The van der Waals surface area contributed by atoms with Crippen LogP contribution in [0.5, 0.6) is 0 Å². The minimum Gasteiger partial charge on any atom is -0.273 e. The maximum absolute atomic E-state index is 11.4. The molecular weight excluding hydrogens is 214 g/mol. The van der Waals surface area contributed by atoms with Gasteiger partial charge in [0.25, 0.3) is 0 Å². The molecule has 0 spiro atoms. The first-order chi connectivity index (χ1) is 8.33. The maximum Gasteiger partial charge on any atom is 0.240 e. The average molecular weight is 233 g/mol. The Balaban J connectivity index is 2.17. The molecule has 0 bridgehead atoms. The van der Waals surface area contributed by atoms with E-state index in [2.05, 4.69) is 22.4 Å². The fourth-order valence-corrected chi connectivity index (χ4v) is 1.40. The number of carbonyl (C=O) groups is 1. The van der Waals surface area contributed by atoms with Crippen molar-refractivity contribution in [2.24, 2.45) is 5.10 Å². The van der Waals surface area contributed by atoms with Crippen LogP contribution in [0.15, 0.2) is 29.6 Å². The van der Waals surface area contributed by atoms with Crippen molar-refractivity contribution < 1.29 is 4.79 Å². The van der Waals surface area contributed by atoms with Crippen molar-refractivity contribution in [3.8, 4) is 0 Å². The smallest absolute Gasteiger partial charge is 0.240 e. The topological polar surface area (TPSA) is 54.4 Å². The van der Waals surface area contributed by atoms with Crippen molar-refractivity contribution in [1.29, 1.82) is 0 Å². The zero-order chi connectivity index (χ0) is 12.3. The second kappa shape index (κ2) is 8.44. The summed E-state index contributed by atoms with van der Waals surface area (Å²) in [5.41, 5.74) is 3.44. The van der Waals surface area contributed by atoms with Crippen molar-refractivity contribution in [3.05, 3.63) is 30.1 Å². The molecule has 1 aromatic rings. The van der Waals surface area contributed by atoms with Crippen molar-refractivity contribution in [2.75, 3.05) is 0 Å². The third kappa shape index (κ3) is 6.45. The van der Waals surface area contributed by atoms with Gasteiger partial charge in [0.15, 0.2) is 0 Å².